The molecule has 0 aliphatic heterocycles. The lowest BCUT2D eigenvalue weighted by molar-refractivity contribution is -0.122. The smallest absolute Gasteiger partial charge is 0.225 e. The molecule has 0 saturated heterocycles. The molecule has 216 valence electrons. The molecule has 2 amide bonds. The first-order valence-corrected chi connectivity index (χ1v) is 14.5. The van der Waals surface area contributed by atoms with Gasteiger partial charge in [0.1, 0.15) is 11.6 Å². The quantitative estimate of drug-likeness (QED) is 0.284. The van der Waals surface area contributed by atoms with Gasteiger partial charge in [0.25, 0.3) is 0 Å². The van der Waals surface area contributed by atoms with Gasteiger partial charge in [0, 0.05) is 41.7 Å². The molecule has 0 bridgehead atoms. The molecule has 2 aliphatic carbocycles. The first-order chi connectivity index (χ1) is 19.5. The van der Waals surface area contributed by atoms with Gasteiger partial charge in [0.2, 0.25) is 11.8 Å². The van der Waals surface area contributed by atoms with E-state index in [4.69, 9.17) is 5.73 Å². The molecule has 0 spiro atoms. The number of pyridine rings is 1. The van der Waals surface area contributed by atoms with Crippen molar-refractivity contribution in [2.24, 2.45) is 11.7 Å². The summed E-state index contributed by atoms with van der Waals surface area (Å²) in [6.07, 6.45) is 6.72. The number of amides is 2. The van der Waals surface area contributed by atoms with Crippen LogP contribution in [0.4, 0.5) is 10.2 Å². The number of hydrogen-bond donors (Lipinski definition) is 4. The lowest BCUT2D eigenvalue weighted by Gasteiger charge is -2.49. The normalized spacial score (nSPS) is 25.7. The summed E-state index contributed by atoms with van der Waals surface area (Å²) in [7, 11) is 0. The predicted octanol–water partition coefficient (Wildman–Crippen LogP) is 5.67. The van der Waals surface area contributed by atoms with E-state index in [0.717, 1.165) is 42.4 Å². The Kier molecular flexibility index (Phi) is 8.25. The standard InChI is InChI=1S/C33H39FN4O3/c1-3-30(39)37-24-12-9-21(10-13-24)15-31(40)38-29-17-25(22-7-5-4-6-8-22)26(18-36-29)23-11-14-27(28(34)16-23)33(35)19-32(2,41)20-33/h4-8,11,14,16-18,21,24,41H,3,9-10,12-13,15,19-20,35H2,1-2H3,(H,37,39)(H,36,38,40). The number of aliphatic hydroxyl groups is 1. The van der Waals surface area contributed by atoms with Crippen LogP contribution in [-0.2, 0) is 15.1 Å². The molecule has 0 radical (unpaired) electrons. The third kappa shape index (κ3) is 6.66. The first kappa shape index (κ1) is 28.9. The largest absolute Gasteiger partial charge is 0.390 e. The lowest BCUT2D eigenvalue weighted by Crippen LogP contribution is -2.58. The predicted molar refractivity (Wildman–Crippen MR) is 158 cm³/mol. The fraction of sp³-hybridized carbons (Fsp3) is 0.424. The molecule has 3 aromatic rings. The SMILES string of the molecule is CCC(=O)NC1CCC(CC(=O)Nc2cc(-c3ccccc3)c(-c3ccc(C4(N)CC(C)(O)C4)c(F)c3)cn2)CC1. The van der Waals surface area contributed by atoms with E-state index in [-0.39, 0.29) is 23.8 Å². The number of hydrogen-bond acceptors (Lipinski definition) is 5. The van der Waals surface area contributed by atoms with Crippen LogP contribution in [0.3, 0.4) is 0 Å². The van der Waals surface area contributed by atoms with Gasteiger partial charge in [-0.25, -0.2) is 9.37 Å². The zero-order chi connectivity index (χ0) is 29.2. The Morgan fingerprint density at radius 2 is 1.71 bits per heavy atom. The first-order valence-electron chi connectivity index (χ1n) is 14.5. The van der Waals surface area contributed by atoms with Crippen LogP contribution in [0.1, 0.15) is 70.8 Å². The molecule has 2 saturated carbocycles. The summed E-state index contributed by atoms with van der Waals surface area (Å²) >= 11 is 0. The van der Waals surface area contributed by atoms with E-state index in [1.165, 1.54) is 6.07 Å². The molecule has 41 heavy (non-hydrogen) atoms. The van der Waals surface area contributed by atoms with Crippen LogP contribution >= 0.6 is 0 Å². The second-order valence-electron chi connectivity index (χ2n) is 12.1. The van der Waals surface area contributed by atoms with E-state index in [0.29, 0.717) is 42.6 Å². The van der Waals surface area contributed by atoms with Crippen molar-refractivity contribution >= 4 is 17.6 Å². The number of rotatable bonds is 8. The molecule has 1 heterocycles. The second kappa shape index (κ2) is 11.7. The maximum atomic E-state index is 15.4. The Hall–Kier alpha value is -3.62. The fourth-order valence-electron chi connectivity index (χ4n) is 6.49. The summed E-state index contributed by atoms with van der Waals surface area (Å²) in [5, 5.41) is 16.2. The van der Waals surface area contributed by atoms with Crippen molar-refractivity contribution in [2.75, 3.05) is 5.32 Å². The highest BCUT2D eigenvalue weighted by Crippen LogP contribution is 2.47. The van der Waals surface area contributed by atoms with Crippen molar-refractivity contribution < 1.29 is 19.1 Å². The number of carbonyl (C=O) groups excluding carboxylic acids is 2. The van der Waals surface area contributed by atoms with Crippen LogP contribution in [-0.4, -0.2) is 33.5 Å². The van der Waals surface area contributed by atoms with Crippen molar-refractivity contribution in [3.63, 3.8) is 0 Å². The fourth-order valence-corrected chi connectivity index (χ4v) is 6.49. The summed E-state index contributed by atoms with van der Waals surface area (Å²) in [6, 6.07) is 16.8. The average molecular weight is 559 g/mol. The summed E-state index contributed by atoms with van der Waals surface area (Å²) in [4.78, 5) is 29.1. The number of aromatic nitrogens is 1. The molecule has 8 heteroatoms. The van der Waals surface area contributed by atoms with Gasteiger partial charge in [-0.05, 0) is 80.2 Å². The van der Waals surface area contributed by atoms with Crippen LogP contribution < -0.4 is 16.4 Å². The van der Waals surface area contributed by atoms with Gasteiger partial charge in [-0.3, -0.25) is 9.59 Å². The molecular weight excluding hydrogens is 519 g/mol. The highest BCUT2D eigenvalue weighted by molar-refractivity contribution is 5.92. The van der Waals surface area contributed by atoms with Crippen LogP contribution in [0.5, 0.6) is 0 Å². The van der Waals surface area contributed by atoms with Crippen LogP contribution in [0, 0.1) is 11.7 Å². The highest BCUT2D eigenvalue weighted by atomic mass is 19.1. The lowest BCUT2D eigenvalue weighted by atomic mass is 9.63. The summed E-state index contributed by atoms with van der Waals surface area (Å²) in [6.45, 7) is 3.56. The molecule has 0 unspecified atom stereocenters. The minimum Gasteiger partial charge on any atom is -0.390 e. The van der Waals surface area contributed by atoms with Crippen molar-refractivity contribution in [2.45, 2.75) is 82.4 Å². The third-order valence-electron chi connectivity index (χ3n) is 8.47. The molecular formula is C33H39FN4O3. The maximum absolute atomic E-state index is 15.4. The molecule has 2 fully saturated rings. The Labute approximate surface area is 240 Å². The third-order valence-corrected chi connectivity index (χ3v) is 8.47. The van der Waals surface area contributed by atoms with Crippen molar-refractivity contribution in [3.05, 3.63) is 72.2 Å². The Bertz CT molecular complexity index is 1410. The Morgan fingerprint density at radius 1 is 1.00 bits per heavy atom. The topological polar surface area (TPSA) is 117 Å². The number of halogens is 1. The number of nitrogens with one attached hydrogen (secondary N) is 2. The van der Waals surface area contributed by atoms with Crippen molar-refractivity contribution in [1.29, 1.82) is 0 Å². The number of nitrogens with zero attached hydrogens (tertiary/aromatic N) is 1. The van der Waals surface area contributed by atoms with Gasteiger partial charge in [0.05, 0.1) is 5.60 Å². The zero-order valence-corrected chi connectivity index (χ0v) is 23.8. The average Bonchev–Trinajstić information content (AvgIpc) is 2.93. The Balaban J connectivity index is 1.32. The molecule has 1 aromatic heterocycles. The molecule has 5 N–H and O–H groups in total. The highest BCUT2D eigenvalue weighted by Gasteiger charge is 2.50. The van der Waals surface area contributed by atoms with Gasteiger partial charge in [0.15, 0.2) is 0 Å². The van der Waals surface area contributed by atoms with Crippen LogP contribution in [0.2, 0.25) is 0 Å². The monoisotopic (exact) mass is 558 g/mol. The van der Waals surface area contributed by atoms with Crippen LogP contribution in [0.15, 0.2) is 60.8 Å². The van der Waals surface area contributed by atoms with E-state index in [1.54, 1.807) is 19.2 Å². The maximum Gasteiger partial charge on any atom is 0.225 e. The van der Waals surface area contributed by atoms with E-state index in [2.05, 4.69) is 15.6 Å². The molecule has 2 aliphatic rings. The van der Waals surface area contributed by atoms with Crippen molar-refractivity contribution in [3.8, 4) is 22.3 Å². The van der Waals surface area contributed by atoms with Gasteiger partial charge in [-0.1, -0.05) is 49.4 Å². The summed E-state index contributed by atoms with van der Waals surface area (Å²) < 4.78 is 15.4. The summed E-state index contributed by atoms with van der Waals surface area (Å²) in [5.74, 6) is 0.274. The number of nitrogens with two attached hydrogens (primary N) is 1. The van der Waals surface area contributed by atoms with Gasteiger partial charge in [-0.2, -0.15) is 0 Å². The van der Waals surface area contributed by atoms with E-state index < -0.39 is 17.0 Å². The Morgan fingerprint density at radius 3 is 2.34 bits per heavy atom. The molecule has 5 rings (SSSR count). The number of benzene rings is 2. The van der Waals surface area contributed by atoms with E-state index >= 15 is 4.39 Å². The number of carbonyl (C=O) groups is 2. The minimum absolute atomic E-state index is 0.0736. The van der Waals surface area contributed by atoms with E-state index in [1.807, 2.05) is 49.4 Å². The molecule has 2 aromatic carbocycles. The minimum atomic E-state index is -0.885. The van der Waals surface area contributed by atoms with Gasteiger partial charge in [-0.15, -0.1) is 0 Å². The van der Waals surface area contributed by atoms with Gasteiger partial charge < -0.3 is 21.5 Å². The van der Waals surface area contributed by atoms with Crippen LogP contribution in [0.25, 0.3) is 22.3 Å². The van der Waals surface area contributed by atoms with Crippen molar-refractivity contribution in [1.82, 2.24) is 10.3 Å². The zero-order valence-electron chi connectivity index (χ0n) is 23.8. The van der Waals surface area contributed by atoms with E-state index in [9.17, 15) is 14.7 Å². The number of anilines is 1. The van der Waals surface area contributed by atoms with Gasteiger partial charge >= 0.3 is 0 Å². The molecule has 0 atom stereocenters. The molecule has 7 nitrogen and oxygen atoms in total. The second-order valence-corrected chi connectivity index (χ2v) is 12.1. The summed E-state index contributed by atoms with van der Waals surface area (Å²) in [5.41, 5.74) is 8.17.